The Morgan fingerprint density at radius 2 is 2.15 bits per heavy atom. The fraction of sp³-hybridized carbons (Fsp3) is 0.381. The van der Waals surface area contributed by atoms with Crippen LogP contribution in [0.2, 0.25) is 5.15 Å². The van der Waals surface area contributed by atoms with E-state index in [1.165, 1.54) is 12.5 Å². The molecule has 1 N–H and O–H groups in total. The molecule has 1 saturated carbocycles. The maximum atomic E-state index is 12.6. The lowest BCUT2D eigenvalue weighted by Crippen LogP contribution is -2.41. The number of aromatic nitrogens is 1. The van der Waals surface area contributed by atoms with Gasteiger partial charge in [-0.25, -0.2) is 4.98 Å². The third-order valence-corrected chi connectivity index (χ3v) is 5.40. The van der Waals surface area contributed by atoms with E-state index in [1.54, 1.807) is 19.2 Å². The smallest absolute Gasteiger partial charge is 0.262 e. The van der Waals surface area contributed by atoms with Gasteiger partial charge in [0.25, 0.3) is 5.91 Å². The topological polar surface area (TPSA) is 75.0 Å². The van der Waals surface area contributed by atoms with Crippen molar-refractivity contribution in [1.29, 1.82) is 5.26 Å². The minimum atomic E-state index is -0.363. The molecule has 2 atom stereocenters. The van der Waals surface area contributed by atoms with E-state index in [2.05, 4.69) is 17.2 Å². The lowest BCUT2D eigenvalue weighted by molar-refractivity contribution is -0.118. The minimum absolute atomic E-state index is 0.0266. The number of hydrogen-bond acceptors (Lipinski definition) is 4. The molecule has 5 nitrogen and oxygen atoms in total. The second-order valence-electron chi connectivity index (χ2n) is 6.94. The number of nitriles is 1. The van der Waals surface area contributed by atoms with Gasteiger partial charge in [-0.05, 0) is 49.1 Å². The number of hydrogen-bond donors (Lipinski definition) is 1. The first-order chi connectivity index (χ1) is 13.0. The first-order valence-electron chi connectivity index (χ1n) is 9.08. The number of pyridine rings is 1. The lowest BCUT2D eigenvalue weighted by atomic mass is 9.86. The molecule has 0 aliphatic heterocycles. The van der Waals surface area contributed by atoms with Crippen LogP contribution in [-0.4, -0.2) is 24.0 Å². The normalized spacial score (nSPS) is 20.1. The van der Waals surface area contributed by atoms with Gasteiger partial charge >= 0.3 is 0 Å². The highest BCUT2D eigenvalue weighted by Crippen LogP contribution is 2.27. The van der Waals surface area contributed by atoms with E-state index in [-0.39, 0.29) is 22.7 Å². The van der Waals surface area contributed by atoms with Crippen LogP contribution in [0.4, 0.5) is 0 Å². The number of carbonyl (C=O) groups is 1. The van der Waals surface area contributed by atoms with Gasteiger partial charge in [0.05, 0.1) is 12.6 Å². The van der Waals surface area contributed by atoms with Gasteiger partial charge in [0, 0.05) is 17.0 Å². The Morgan fingerprint density at radius 3 is 2.85 bits per heavy atom. The van der Waals surface area contributed by atoms with Gasteiger partial charge in [-0.1, -0.05) is 31.4 Å². The third-order valence-electron chi connectivity index (χ3n) is 5.10. The van der Waals surface area contributed by atoms with E-state index < -0.39 is 0 Å². The first-order valence-corrected chi connectivity index (χ1v) is 9.46. The molecule has 0 bridgehead atoms. The number of ether oxygens (including phenoxy) is 1. The number of nitrogens with one attached hydrogen (secondary N) is 1. The summed E-state index contributed by atoms with van der Waals surface area (Å²) < 4.78 is 5.23. The highest BCUT2D eigenvalue weighted by molar-refractivity contribution is 6.31. The van der Waals surface area contributed by atoms with Crippen LogP contribution in [0.5, 0.6) is 5.75 Å². The van der Waals surface area contributed by atoms with Crippen molar-refractivity contribution in [3.05, 3.63) is 40.6 Å². The third kappa shape index (κ3) is 4.40. The molecule has 6 heteroatoms. The Kier molecular flexibility index (Phi) is 5.98. The Labute approximate surface area is 164 Å². The van der Waals surface area contributed by atoms with Crippen molar-refractivity contribution >= 4 is 34.5 Å². The highest BCUT2D eigenvalue weighted by Gasteiger charge is 2.24. The second-order valence-corrected chi connectivity index (χ2v) is 7.30. The van der Waals surface area contributed by atoms with Gasteiger partial charge in [0.1, 0.15) is 22.5 Å². The largest absolute Gasteiger partial charge is 0.497 e. The predicted octanol–water partition coefficient (Wildman–Crippen LogP) is 4.50. The van der Waals surface area contributed by atoms with E-state index in [0.717, 1.165) is 30.2 Å². The fourth-order valence-corrected chi connectivity index (χ4v) is 3.66. The number of amides is 1. The Morgan fingerprint density at radius 1 is 1.37 bits per heavy atom. The summed E-state index contributed by atoms with van der Waals surface area (Å²) in [6, 6.07) is 9.37. The summed E-state index contributed by atoms with van der Waals surface area (Å²) in [6.07, 6.45) is 5.83. The Balaban J connectivity index is 1.89. The van der Waals surface area contributed by atoms with Crippen molar-refractivity contribution in [2.24, 2.45) is 5.92 Å². The molecule has 1 amide bonds. The van der Waals surface area contributed by atoms with Gasteiger partial charge in [-0.15, -0.1) is 0 Å². The fourth-order valence-electron chi connectivity index (χ4n) is 3.46. The molecule has 1 aliphatic carbocycles. The molecule has 1 aromatic carbocycles. The minimum Gasteiger partial charge on any atom is -0.497 e. The van der Waals surface area contributed by atoms with Crippen molar-refractivity contribution in [2.75, 3.05) is 7.11 Å². The van der Waals surface area contributed by atoms with E-state index in [1.807, 2.05) is 18.2 Å². The van der Waals surface area contributed by atoms with Crippen LogP contribution in [-0.2, 0) is 4.79 Å². The molecular weight excluding hydrogens is 362 g/mol. The molecular formula is C21H22ClN3O2. The van der Waals surface area contributed by atoms with Gasteiger partial charge in [0.2, 0.25) is 0 Å². The number of halogens is 1. The zero-order valence-electron chi connectivity index (χ0n) is 15.5. The van der Waals surface area contributed by atoms with Crippen LogP contribution in [0.3, 0.4) is 0 Å². The molecule has 0 unspecified atom stereocenters. The van der Waals surface area contributed by atoms with Gasteiger partial charge in [-0.2, -0.15) is 5.26 Å². The zero-order chi connectivity index (χ0) is 19.4. The second kappa shape index (κ2) is 8.41. The van der Waals surface area contributed by atoms with E-state index in [0.29, 0.717) is 17.2 Å². The molecule has 140 valence electrons. The SMILES string of the molecule is COc1ccc2nc(Cl)c(/C=C(\C#N)C(=O)N[C@@H]3CCCC[C@H]3C)cc2c1. The Bertz CT molecular complexity index is 933. The van der Waals surface area contributed by atoms with Crippen LogP contribution >= 0.6 is 11.6 Å². The van der Waals surface area contributed by atoms with Gasteiger partial charge < -0.3 is 10.1 Å². The van der Waals surface area contributed by atoms with Crippen LogP contribution < -0.4 is 10.1 Å². The number of benzene rings is 1. The van der Waals surface area contributed by atoms with E-state index in [9.17, 15) is 10.1 Å². The van der Waals surface area contributed by atoms with Crippen LogP contribution in [0.15, 0.2) is 29.8 Å². The molecule has 0 radical (unpaired) electrons. The monoisotopic (exact) mass is 383 g/mol. The van der Waals surface area contributed by atoms with Gasteiger partial charge in [0.15, 0.2) is 0 Å². The summed E-state index contributed by atoms with van der Waals surface area (Å²) in [5.41, 5.74) is 1.27. The highest BCUT2D eigenvalue weighted by atomic mass is 35.5. The van der Waals surface area contributed by atoms with Crippen LogP contribution in [0.25, 0.3) is 17.0 Å². The van der Waals surface area contributed by atoms with Crippen molar-refractivity contribution in [1.82, 2.24) is 10.3 Å². The molecule has 0 saturated heterocycles. The van der Waals surface area contributed by atoms with E-state index in [4.69, 9.17) is 16.3 Å². The molecule has 0 spiro atoms. The summed E-state index contributed by atoms with van der Waals surface area (Å²) in [5, 5.41) is 13.6. The quantitative estimate of drug-likeness (QED) is 0.479. The molecule has 27 heavy (non-hydrogen) atoms. The first kappa shape index (κ1) is 19.2. The summed E-state index contributed by atoms with van der Waals surface area (Å²) in [4.78, 5) is 16.9. The number of rotatable bonds is 4. The zero-order valence-corrected chi connectivity index (χ0v) is 16.2. The maximum Gasteiger partial charge on any atom is 0.262 e. The maximum absolute atomic E-state index is 12.6. The van der Waals surface area contributed by atoms with Gasteiger partial charge in [-0.3, -0.25) is 4.79 Å². The van der Waals surface area contributed by atoms with E-state index >= 15 is 0 Å². The number of fused-ring (bicyclic) bond motifs is 1. The molecule has 1 aliphatic rings. The summed E-state index contributed by atoms with van der Waals surface area (Å²) in [7, 11) is 1.59. The number of nitrogens with zero attached hydrogens (tertiary/aromatic N) is 2. The number of methoxy groups -OCH3 is 1. The predicted molar refractivity (Wildman–Crippen MR) is 106 cm³/mol. The molecule has 1 aromatic heterocycles. The van der Waals surface area contributed by atoms with Crippen molar-refractivity contribution in [3.8, 4) is 11.8 Å². The molecule has 3 rings (SSSR count). The van der Waals surface area contributed by atoms with Crippen molar-refractivity contribution in [3.63, 3.8) is 0 Å². The summed E-state index contributed by atoms with van der Waals surface area (Å²) >= 11 is 6.27. The average molecular weight is 384 g/mol. The molecule has 1 fully saturated rings. The van der Waals surface area contributed by atoms with Crippen LogP contribution in [0, 0.1) is 17.2 Å². The van der Waals surface area contributed by atoms with Crippen LogP contribution in [0.1, 0.15) is 38.2 Å². The molecule has 2 aromatic rings. The lowest BCUT2D eigenvalue weighted by Gasteiger charge is -2.29. The van der Waals surface area contributed by atoms with Crippen molar-refractivity contribution in [2.45, 2.75) is 38.6 Å². The Hall–Kier alpha value is -2.58. The van der Waals surface area contributed by atoms with Crippen molar-refractivity contribution < 1.29 is 9.53 Å². The average Bonchev–Trinajstić information content (AvgIpc) is 2.67. The molecule has 1 heterocycles. The standard InChI is InChI=1S/C21H22ClN3O2/c1-13-5-3-4-6-18(13)25-21(26)16(12-23)10-15-9-14-11-17(27-2)7-8-19(14)24-20(15)22/h7-11,13,18H,3-6H2,1-2H3,(H,25,26)/b16-10+/t13-,18-/m1/s1. The summed E-state index contributed by atoms with van der Waals surface area (Å²) in [6.45, 7) is 2.14. The number of carbonyl (C=O) groups excluding carboxylic acids is 1. The summed E-state index contributed by atoms with van der Waals surface area (Å²) in [5.74, 6) is 0.755.